The summed E-state index contributed by atoms with van der Waals surface area (Å²) in [4.78, 5) is 13.8. The van der Waals surface area contributed by atoms with Crippen LogP contribution in [0.1, 0.15) is 16.8 Å². The van der Waals surface area contributed by atoms with Gasteiger partial charge in [-0.25, -0.2) is 0 Å². The molecule has 0 saturated heterocycles. The molecule has 0 atom stereocenters. The van der Waals surface area contributed by atoms with Gasteiger partial charge in [0.15, 0.2) is 0 Å². The second-order valence-electron chi connectivity index (χ2n) is 3.82. The first-order valence-electron chi connectivity index (χ1n) is 5.69. The zero-order valence-electron chi connectivity index (χ0n) is 10.4. The summed E-state index contributed by atoms with van der Waals surface area (Å²) in [5.74, 6) is -0.130. The van der Waals surface area contributed by atoms with Crippen molar-refractivity contribution < 1.29 is 9.53 Å². The fourth-order valence-corrected chi connectivity index (χ4v) is 1.56. The molecule has 96 valence electrons. The molecule has 18 heavy (non-hydrogen) atoms. The Balaban J connectivity index is 2.77. The van der Waals surface area contributed by atoms with E-state index in [0.29, 0.717) is 37.4 Å². The number of methoxy groups -OCH3 is 1. The zero-order valence-corrected chi connectivity index (χ0v) is 10.4. The number of nitrogens with two attached hydrogens (primary N) is 1. The van der Waals surface area contributed by atoms with Crippen molar-refractivity contribution in [2.75, 3.05) is 32.5 Å². The van der Waals surface area contributed by atoms with Gasteiger partial charge in [0.2, 0.25) is 0 Å². The van der Waals surface area contributed by atoms with E-state index >= 15 is 0 Å². The molecule has 0 unspecified atom stereocenters. The van der Waals surface area contributed by atoms with Crippen molar-refractivity contribution >= 4 is 11.6 Å². The second kappa shape index (κ2) is 7.30. The number of hydrogen-bond acceptors (Lipinski definition) is 4. The fourth-order valence-electron chi connectivity index (χ4n) is 1.56. The maximum absolute atomic E-state index is 12.2. The summed E-state index contributed by atoms with van der Waals surface area (Å²) in [6, 6.07) is 8.84. The molecule has 0 fully saturated rings. The van der Waals surface area contributed by atoms with Gasteiger partial charge >= 0.3 is 0 Å². The number of nitrogens with zero attached hydrogens (tertiary/aromatic N) is 2. The smallest absolute Gasteiger partial charge is 0.254 e. The lowest BCUT2D eigenvalue weighted by Gasteiger charge is -2.21. The Kier molecular flexibility index (Phi) is 5.68. The highest BCUT2D eigenvalue weighted by atomic mass is 16.5. The van der Waals surface area contributed by atoms with E-state index in [1.807, 2.05) is 6.07 Å². The molecule has 5 heteroatoms. The largest absolute Gasteiger partial charge is 0.399 e. The summed E-state index contributed by atoms with van der Waals surface area (Å²) in [7, 11) is 1.58. The van der Waals surface area contributed by atoms with Gasteiger partial charge in [0.05, 0.1) is 19.1 Å². The number of carbonyl (C=O) groups excluding carboxylic acids is 1. The van der Waals surface area contributed by atoms with Crippen LogP contribution >= 0.6 is 0 Å². The van der Waals surface area contributed by atoms with Crippen molar-refractivity contribution in [3.8, 4) is 6.07 Å². The highest BCUT2D eigenvalue weighted by Crippen LogP contribution is 2.10. The van der Waals surface area contributed by atoms with Gasteiger partial charge in [0.25, 0.3) is 5.91 Å². The standard InChI is InChI=1S/C13H17N3O2/c1-18-9-8-16(7-3-6-14)13(17)11-4-2-5-12(15)10-11/h2,4-5,10H,3,7-9,15H2,1H3. The number of carbonyl (C=O) groups is 1. The fraction of sp³-hybridized carbons (Fsp3) is 0.385. The number of rotatable bonds is 6. The minimum Gasteiger partial charge on any atom is -0.399 e. The normalized spacial score (nSPS) is 9.78. The number of nitrogen functional groups attached to an aromatic ring is 1. The monoisotopic (exact) mass is 247 g/mol. The molecule has 1 rings (SSSR count). The minimum atomic E-state index is -0.130. The molecule has 1 aromatic carbocycles. The van der Waals surface area contributed by atoms with Gasteiger partial charge in [-0.05, 0) is 18.2 Å². The third kappa shape index (κ3) is 4.07. The molecule has 0 aliphatic carbocycles. The van der Waals surface area contributed by atoms with Crippen LogP contribution < -0.4 is 5.73 Å². The lowest BCUT2D eigenvalue weighted by atomic mass is 10.1. The zero-order chi connectivity index (χ0) is 13.4. The molecular weight excluding hydrogens is 230 g/mol. The SMILES string of the molecule is COCCN(CCC#N)C(=O)c1cccc(N)c1. The van der Waals surface area contributed by atoms with Crippen LogP contribution in [0.25, 0.3) is 0 Å². The van der Waals surface area contributed by atoms with Crippen molar-refractivity contribution in [2.45, 2.75) is 6.42 Å². The number of ether oxygens (including phenoxy) is 1. The van der Waals surface area contributed by atoms with Crippen LogP contribution in [0.2, 0.25) is 0 Å². The Morgan fingerprint density at radius 3 is 2.89 bits per heavy atom. The Labute approximate surface area is 107 Å². The van der Waals surface area contributed by atoms with E-state index in [-0.39, 0.29) is 5.91 Å². The maximum Gasteiger partial charge on any atom is 0.254 e. The van der Waals surface area contributed by atoms with Crippen LogP contribution in [0.5, 0.6) is 0 Å². The van der Waals surface area contributed by atoms with Gasteiger partial charge in [-0.1, -0.05) is 6.07 Å². The van der Waals surface area contributed by atoms with Crippen LogP contribution in [-0.2, 0) is 4.74 Å². The summed E-state index contributed by atoms with van der Waals surface area (Å²) in [5, 5.41) is 8.60. The Hall–Kier alpha value is -2.06. The third-order valence-corrected chi connectivity index (χ3v) is 2.48. The van der Waals surface area contributed by atoms with Crippen LogP contribution in [0.15, 0.2) is 24.3 Å². The molecule has 0 aliphatic heterocycles. The Bertz CT molecular complexity index is 440. The van der Waals surface area contributed by atoms with Gasteiger partial charge in [-0.15, -0.1) is 0 Å². The highest BCUT2D eigenvalue weighted by molar-refractivity contribution is 5.95. The first-order chi connectivity index (χ1) is 8.69. The van der Waals surface area contributed by atoms with Crippen molar-refractivity contribution in [3.63, 3.8) is 0 Å². The van der Waals surface area contributed by atoms with Crippen LogP contribution in [-0.4, -0.2) is 37.6 Å². The van der Waals surface area contributed by atoms with Gasteiger partial charge in [0, 0.05) is 31.5 Å². The second-order valence-corrected chi connectivity index (χ2v) is 3.82. The number of hydrogen-bond donors (Lipinski definition) is 1. The van der Waals surface area contributed by atoms with E-state index in [9.17, 15) is 4.79 Å². The molecule has 0 saturated carbocycles. The van der Waals surface area contributed by atoms with Gasteiger partial charge in [0.1, 0.15) is 0 Å². The molecule has 5 nitrogen and oxygen atoms in total. The van der Waals surface area contributed by atoms with Crippen LogP contribution in [0.3, 0.4) is 0 Å². The van der Waals surface area contributed by atoms with Crippen molar-refractivity contribution in [1.82, 2.24) is 4.90 Å². The molecule has 0 aromatic heterocycles. The number of benzene rings is 1. The van der Waals surface area contributed by atoms with E-state index in [1.165, 1.54) is 0 Å². The highest BCUT2D eigenvalue weighted by Gasteiger charge is 2.15. The van der Waals surface area contributed by atoms with Crippen LogP contribution in [0.4, 0.5) is 5.69 Å². The molecule has 0 spiro atoms. The number of anilines is 1. The predicted octanol–water partition coefficient (Wildman–Crippen LogP) is 1.27. The topological polar surface area (TPSA) is 79.3 Å². The first-order valence-corrected chi connectivity index (χ1v) is 5.69. The molecular formula is C13H17N3O2. The molecule has 0 radical (unpaired) electrons. The Morgan fingerprint density at radius 1 is 1.50 bits per heavy atom. The quantitative estimate of drug-likeness (QED) is 0.768. The molecule has 0 aliphatic rings. The Morgan fingerprint density at radius 2 is 2.28 bits per heavy atom. The first kappa shape index (κ1) is 14.0. The average molecular weight is 247 g/mol. The summed E-state index contributed by atoms with van der Waals surface area (Å²) in [6.07, 6.45) is 0.303. The summed E-state index contributed by atoms with van der Waals surface area (Å²) < 4.78 is 4.96. The van der Waals surface area contributed by atoms with Crippen LogP contribution in [0, 0.1) is 11.3 Å². The van der Waals surface area contributed by atoms with E-state index in [0.717, 1.165) is 0 Å². The molecule has 0 bridgehead atoms. The van der Waals surface area contributed by atoms with E-state index in [4.69, 9.17) is 15.7 Å². The lowest BCUT2D eigenvalue weighted by molar-refractivity contribution is 0.0700. The van der Waals surface area contributed by atoms with E-state index in [2.05, 4.69) is 0 Å². The maximum atomic E-state index is 12.2. The van der Waals surface area contributed by atoms with Gasteiger partial charge in [-0.2, -0.15) is 5.26 Å². The predicted molar refractivity (Wildman–Crippen MR) is 68.9 cm³/mol. The molecule has 2 N–H and O–H groups in total. The van der Waals surface area contributed by atoms with E-state index < -0.39 is 0 Å². The number of amides is 1. The van der Waals surface area contributed by atoms with Gasteiger partial charge < -0.3 is 15.4 Å². The van der Waals surface area contributed by atoms with E-state index in [1.54, 1.807) is 36.3 Å². The third-order valence-electron chi connectivity index (χ3n) is 2.48. The molecule has 0 heterocycles. The van der Waals surface area contributed by atoms with Crippen molar-refractivity contribution in [3.05, 3.63) is 29.8 Å². The lowest BCUT2D eigenvalue weighted by Crippen LogP contribution is -2.34. The van der Waals surface area contributed by atoms with Crippen molar-refractivity contribution in [1.29, 1.82) is 5.26 Å². The molecule has 1 amide bonds. The van der Waals surface area contributed by atoms with Gasteiger partial charge in [-0.3, -0.25) is 4.79 Å². The van der Waals surface area contributed by atoms with Crippen molar-refractivity contribution in [2.24, 2.45) is 0 Å². The number of nitriles is 1. The summed E-state index contributed by atoms with van der Waals surface area (Å²) >= 11 is 0. The summed E-state index contributed by atoms with van der Waals surface area (Å²) in [6.45, 7) is 1.30. The average Bonchev–Trinajstić information content (AvgIpc) is 2.38. The molecule has 1 aromatic rings. The summed E-state index contributed by atoms with van der Waals surface area (Å²) in [5.41, 5.74) is 6.73. The minimum absolute atomic E-state index is 0.130.